The van der Waals surface area contributed by atoms with Crippen LogP contribution in [0, 0.1) is 5.92 Å². The number of benzene rings is 2. The van der Waals surface area contributed by atoms with Crippen molar-refractivity contribution in [1.29, 1.82) is 0 Å². The second kappa shape index (κ2) is 9.94. The highest BCUT2D eigenvalue weighted by atomic mass is 35.5. The van der Waals surface area contributed by atoms with Crippen molar-refractivity contribution >= 4 is 23.2 Å². The van der Waals surface area contributed by atoms with Gasteiger partial charge in [-0.05, 0) is 30.2 Å². The van der Waals surface area contributed by atoms with Crippen molar-refractivity contribution in [3.63, 3.8) is 0 Å². The lowest BCUT2D eigenvalue weighted by molar-refractivity contribution is 0.0746. The van der Waals surface area contributed by atoms with Crippen LogP contribution in [0.25, 0.3) is 0 Å². The Labute approximate surface area is 183 Å². The molecule has 1 saturated heterocycles. The zero-order valence-corrected chi connectivity index (χ0v) is 18.7. The smallest absolute Gasteiger partial charge is 0.254 e. The van der Waals surface area contributed by atoms with Crippen LogP contribution in [0.1, 0.15) is 24.2 Å². The minimum absolute atomic E-state index is 0.0594. The second-order valence-corrected chi connectivity index (χ2v) is 8.08. The minimum atomic E-state index is -0.0594. The largest absolute Gasteiger partial charge is 0.497 e. The fourth-order valence-corrected chi connectivity index (χ4v) is 3.66. The maximum atomic E-state index is 13.1. The Kier molecular flexibility index (Phi) is 7.32. The number of hydrogen-bond acceptors (Lipinski definition) is 5. The van der Waals surface area contributed by atoms with E-state index in [1.807, 2.05) is 23.1 Å². The summed E-state index contributed by atoms with van der Waals surface area (Å²) in [7, 11) is 3.21. The topological polar surface area (TPSA) is 51.2 Å². The third-order valence-corrected chi connectivity index (χ3v) is 5.30. The number of rotatable bonds is 7. The predicted molar refractivity (Wildman–Crippen MR) is 119 cm³/mol. The lowest BCUT2D eigenvalue weighted by Crippen LogP contribution is -2.48. The molecule has 1 fully saturated rings. The van der Waals surface area contributed by atoms with Gasteiger partial charge < -0.3 is 24.0 Å². The molecule has 2 aromatic carbocycles. The molecule has 0 atom stereocenters. The normalized spacial score (nSPS) is 14.1. The molecule has 0 aliphatic carbocycles. The Balaban J connectivity index is 1.69. The molecule has 0 saturated carbocycles. The summed E-state index contributed by atoms with van der Waals surface area (Å²) in [6.07, 6.45) is 0. The van der Waals surface area contributed by atoms with Crippen LogP contribution in [-0.4, -0.2) is 57.8 Å². The minimum Gasteiger partial charge on any atom is -0.497 e. The predicted octanol–water partition coefficient (Wildman–Crippen LogP) is 4.35. The van der Waals surface area contributed by atoms with Crippen LogP contribution in [-0.2, 0) is 0 Å². The molecular weight excluding hydrogens is 404 g/mol. The molecule has 6 nitrogen and oxygen atoms in total. The Hall–Kier alpha value is -2.60. The molecule has 0 aromatic heterocycles. The number of piperazine rings is 1. The molecule has 7 heteroatoms. The van der Waals surface area contributed by atoms with Gasteiger partial charge in [-0.1, -0.05) is 31.5 Å². The molecule has 30 heavy (non-hydrogen) atoms. The molecule has 1 aliphatic heterocycles. The molecule has 0 radical (unpaired) electrons. The van der Waals surface area contributed by atoms with Gasteiger partial charge in [0.15, 0.2) is 11.5 Å². The van der Waals surface area contributed by atoms with E-state index in [1.54, 1.807) is 26.4 Å². The van der Waals surface area contributed by atoms with E-state index in [0.717, 1.165) is 24.5 Å². The molecule has 162 valence electrons. The molecule has 0 spiro atoms. The van der Waals surface area contributed by atoms with Crippen molar-refractivity contribution in [3.05, 3.63) is 47.0 Å². The van der Waals surface area contributed by atoms with Gasteiger partial charge in [-0.15, -0.1) is 0 Å². The lowest BCUT2D eigenvalue weighted by atomic mass is 10.1. The lowest BCUT2D eigenvalue weighted by Gasteiger charge is -2.36. The Bertz CT molecular complexity index is 880. The number of nitrogens with zero attached hydrogens (tertiary/aromatic N) is 2. The zero-order valence-electron chi connectivity index (χ0n) is 18.0. The summed E-state index contributed by atoms with van der Waals surface area (Å²) >= 11 is 6.42. The van der Waals surface area contributed by atoms with Crippen molar-refractivity contribution < 1.29 is 19.0 Å². The number of methoxy groups -OCH3 is 2. The average Bonchev–Trinajstić information content (AvgIpc) is 2.77. The summed E-state index contributed by atoms with van der Waals surface area (Å²) in [5, 5.41) is 0.383. The molecule has 1 amide bonds. The number of hydrogen-bond donors (Lipinski definition) is 0. The van der Waals surface area contributed by atoms with Crippen molar-refractivity contribution in [2.45, 2.75) is 13.8 Å². The van der Waals surface area contributed by atoms with E-state index < -0.39 is 0 Å². The van der Waals surface area contributed by atoms with Crippen molar-refractivity contribution in [2.24, 2.45) is 5.92 Å². The molecule has 2 aromatic rings. The first-order valence-electron chi connectivity index (χ1n) is 10.1. The summed E-state index contributed by atoms with van der Waals surface area (Å²) in [4.78, 5) is 17.2. The molecule has 3 rings (SSSR count). The van der Waals surface area contributed by atoms with E-state index in [1.165, 1.54) is 0 Å². The summed E-state index contributed by atoms with van der Waals surface area (Å²) in [6.45, 7) is 7.39. The Morgan fingerprint density at radius 2 is 1.80 bits per heavy atom. The SMILES string of the molecule is COc1cccc(N2CCN(C(=O)c3cc(Cl)c(OCC(C)C)c(OC)c3)CC2)c1. The molecule has 1 heterocycles. The van der Waals surface area contributed by atoms with Gasteiger partial charge in [0.25, 0.3) is 5.91 Å². The van der Waals surface area contributed by atoms with Crippen LogP contribution in [0.5, 0.6) is 17.2 Å². The maximum Gasteiger partial charge on any atom is 0.254 e. The zero-order chi connectivity index (χ0) is 21.7. The molecule has 0 unspecified atom stereocenters. The fourth-order valence-electron chi connectivity index (χ4n) is 3.39. The van der Waals surface area contributed by atoms with Gasteiger partial charge in [0, 0.05) is 43.5 Å². The van der Waals surface area contributed by atoms with Gasteiger partial charge in [-0.2, -0.15) is 0 Å². The molecule has 0 N–H and O–H groups in total. The standard InChI is InChI=1S/C23H29ClN2O4/c1-16(2)15-30-22-20(24)12-17(13-21(22)29-4)23(27)26-10-8-25(9-11-26)18-6-5-7-19(14-18)28-3/h5-7,12-14,16H,8-11,15H2,1-4H3. The summed E-state index contributed by atoms with van der Waals surface area (Å²) in [5.41, 5.74) is 1.60. The highest BCUT2D eigenvalue weighted by Gasteiger charge is 2.24. The fraction of sp³-hybridized carbons (Fsp3) is 0.435. The van der Waals surface area contributed by atoms with Crippen LogP contribution >= 0.6 is 11.6 Å². The van der Waals surface area contributed by atoms with Crippen LogP contribution < -0.4 is 19.1 Å². The van der Waals surface area contributed by atoms with Gasteiger partial charge in [0.2, 0.25) is 0 Å². The van der Waals surface area contributed by atoms with Gasteiger partial charge in [-0.25, -0.2) is 0 Å². The summed E-state index contributed by atoms with van der Waals surface area (Å²) in [6, 6.07) is 11.3. The average molecular weight is 433 g/mol. The van der Waals surface area contributed by atoms with E-state index in [2.05, 4.69) is 24.8 Å². The number of amides is 1. The van der Waals surface area contributed by atoms with Gasteiger partial charge >= 0.3 is 0 Å². The first-order chi connectivity index (χ1) is 14.4. The number of halogens is 1. The van der Waals surface area contributed by atoms with Crippen molar-refractivity contribution in [3.8, 4) is 17.2 Å². The molecule has 1 aliphatic rings. The Morgan fingerprint density at radius 1 is 1.07 bits per heavy atom. The monoisotopic (exact) mass is 432 g/mol. The summed E-state index contributed by atoms with van der Waals surface area (Å²) in [5.74, 6) is 2.07. The Morgan fingerprint density at radius 3 is 2.43 bits per heavy atom. The first-order valence-corrected chi connectivity index (χ1v) is 10.5. The van der Waals surface area contributed by atoms with Gasteiger partial charge in [0.1, 0.15) is 5.75 Å². The number of anilines is 1. The van der Waals surface area contributed by atoms with Crippen LogP contribution in [0.15, 0.2) is 36.4 Å². The van der Waals surface area contributed by atoms with E-state index in [0.29, 0.717) is 47.7 Å². The van der Waals surface area contributed by atoms with Crippen LogP contribution in [0.3, 0.4) is 0 Å². The van der Waals surface area contributed by atoms with E-state index in [-0.39, 0.29) is 5.91 Å². The number of carbonyl (C=O) groups is 1. The van der Waals surface area contributed by atoms with E-state index in [9.17, 15) is 4.79 Å². The summed E-state index contributed by atoms with van der Waals surface area (Å²) < 4.78 is 16.5. The highest BCUT2D eigenvalue weighted by Crippen LogP contribution is 2.37. The number of carbonyl (C=O) groups excluding carboxylic acids is 1. The van der Waals surface area contributed by atoms with E-state index in [4.69, 9.17) is 25.8 Å². The van der Waals surface area contributed by atoms with E-state index >= 15 is 0 Å². The van der Waals surface area contributed by atoms with Crippen molar-refractivity contribution in [2.75, 3.05) is 51.9 Å². The second-order valence-electron chi connectivity index (χ2n) is 7.68. The van der Waals surface area contributed by atoms with Gasteiger partial charge in [-0.3, -0.25) is 4.79 Å². The van der Waals surface area contributed by atoms with Gasteiger partial charge in [0.05, 0.1) is 25.8 Å². The third kappa shape index (κ3) is 5.11. The van der Waals surface area contributed by atoms with Crippen molar-refractivity contribution in [1.82, 2.24) is 4.90 Å². The maximum absolute atomic E-state index is 13.1. The molecule has 0 bridgehead atoms. The van der Waals surface area contributed by atoms with Crippen LogP contribution in [0.2, 0.25) is 5.02 Å². The first kappa shape index (κ1) is 22.1. The molecular formula is C23H29ClN2O4. The highest BCUT2D eigenvalue weighted by molar-refractivity contribution is 6.32. The van der Waals surface area contributed by atoms with Crippen LogP contribution in [0.4, 0.5) is 5.69 Å². The number of ether oxygens (including phenoxy) is 3. The quantitative estimate of drug-likeness (QED) is 0.650. The third-order valence-electron chi connectivity index (χ3n) is 5.02.